The fourth-order valence-electron chi connectivity index (χ4n) is 1.71. The molecule has 0 saturated carbocycles. The fourth-order valence-corrected chi connectivity index (χ4v) is 1.90. The molecule has 2 nitrogen and oxygen atoms in total. The van der Waals surface area contributed by atoms with Crippen molar-refractivity contribution in [3.63, 3.8) is 0 Å². The summed E-state index contributed by atoms with van der Waals surface area (Å²) in [6.07, 6.45) is 0. The van der Waals surface area contributed by atoms with Crippen molar-refractivity contribution in [2.75, 3.05) is 13.6 Å². The van der Waals surface area contributed by atoms with Gasteiger partial charge in [-0.2, -0.15) is 0 Å². The summed E-state index contributed by atoms with van der Waals surface area (Å²) in [5, 5.41) is 0.553. The van der Waals surface area contributed by atoms with Gasteiger partial charge in [0.1, 0.15) is 5.82 Å². The van der Waals surface area contributed by atoms with Crippen LogP contribution < -0.4 is 5.73 Å². The normalized spacial score (nSPS) is 11.5. The summed E-state index contributed by atoms with van der Waals surface area (Å²) in [6, 6.07) is 4.59. The number of likely N-dealkylation sites (N-methyl/N-ethyl adjacent to an activating group) is 1. The number of benzene rings is 1. The van der Waals surface area contributed by atoms with E-state index in [0.29, 0.717) is 23.7 Å². The average molecular weight is 281 g/mol. The molecular formula is C12H19Cl2FN2. The Morgan fingerprint density at radius 1 is 1.41 bits per heavy atom. The van der Waals surface area contributed by atoms with Crippen LogP contribution in [0, 0.1) is 5.82 Å². The van der Waals surface area contributed by atoms with E-state index in [1.54, 1.807) is 12.1 Å². The molecule has 0 amide bonds. The minimum absolute atomic E-state index is 0. The van der Waals surface area contributed by atoms with Crippen LogP contribution in [0.4, 0.5) is 4.39 Å². The Balaban J connectivity index is 0.00000256. The average Bonchev–Trinajstić information content (AvgIpc) is 2.08. The molecule has 0 fully saturated rings. The van der Waals surface area contributed by atoms with Gasteiger partial charge in [0.15, 0.2) is 0 Å². The van der Waals surface area contributed by atoms with E-state index in [-0.39, 0.29) is 23.8 Å². The molecule has 0 aromatic heterocycles. The first-order valence-corrected chi connectivity index (χ1v) is 5.57. The summed E-state index contributed by atoms with van der Waals surface area (Å²) in [6.45, 7) is 5.08. The van der Waals surface area contributed by atoms with Crippen molar-refractivity contribution in [3.8, 4) is 0 Å². The van der Waals surface area contributed by atoms with Crippen LogP contribution in [0.15, 0.2) is 18.2 Å². The lowest BCUT2D eigenvalue weighted by Crippen LogP contribution is -2.43. The Morgan fingerprint density at radius 3 is 2.53 bits per heavy atom. The lowest BCUT2D eigenvalue weighted by Gasteiger charge is -2.26. The molecule has 0 radical (unpaired) electrons. The predicted molar refractivity (Wildman–Crippen MR) is 73.3 cm³/mol. The summed E-state index contributed by atoms with van der Waals surface area (Å²) in [5.74, 6) is -0.230. The minimum atomic E-state index is -0.288. The Hall–Kier alpha value is -0.350. The minimum Gasteiger partial charge on any atom is -0.324 e. The molecule has 98 valence electrons. The van der Waals surface area contributed by atoms with Crippen molar-refractivity contribution in [3.05, 3.63) is 34.6 Å². The third kappa shape index (κ3) is 6.22. The van der Waals surface area contributed by atoms with Crippen LogP contribution in [0.3, 0.4) is 0 Å². The molecule has 0 spiro atoms. The summed E-state index contributed by atoms with van der Waals surface area (Å²) in [5.41, 5.74) is 6.21. The Labute approximate surface area is 113 Å². The van der Waals surface area contributed by atoms with Gasteiger partial charge in [-0.15, -0.1) is 12.4 Å². The third-order valence-electron chi connectivity index (χ3n) is 2.13. The fraction of sp³-hybridized carbons (Fsp3) is 0.500. The number of hydrogen-bond donors (Lipinski definition) is 1. The smallest absolute Gasteiger partial charge is 0.127 e. The van der Waals surface area contributed by atoms with Crippen molar-refractivity contribution >= 4 is 24.0 Å². The van der Waals surface area contributed by atoms with Crippen LogP contribution in [0.2, 0.25) is 5.02 Å². The van der Waals surface area contributed by atoms with E-state index in [1.807, 2.05) is 25.8 Å². The zero-order chi connectivity index (χ0) is 12.3. The van der Waals surface area contributed by atoms with Crippen molar-refractivity contribution in [2.24, 2.45) is 5.73 Å². The van der Waals surface area contributed by atoms with Gasteiger partial charge in [-0.05, 0) is 39.1 Å². The molecule has 0 aliphatic carbocycles. The van der Waals surface area contributed by atoms with Crippen LogP contribution in [0.1, 0.15) is 19.4 Å². The number of hydrogen-bond acceptors (Lipinski definition) is 2. The molecule has 0 bridgehead atoms. The summed E-state index contributed by atoms with van der Waals surface area (Å²) in [7, 11) is 1.91. The first-order valence-electron chi connectivity index (χ1n) is 5.19. The van der Waals surface area contributed by atoms with Gasteiger partial charge >= 0.3 is 0 Å². The lowest BCUT2D eigenvalue weighted by atomic mass is 10.1. The highest BCUT2D eigenvalue weighted by Crippen LogP contribution is 2.16. The van der Waals surface area contributed by atoms with E-state index >= 15 is 0 Å². The largest absolute Gasteiger partial charge is 0.324 e. The van der Waals surface area contributed by atoms with Gasteiger partial charge in [-0.1, -0.05) is 11.6 Å². The second-order valence-corrected chi connectivity index (χ2v) is 5.33. The maximum absolute atomic E-state index is 13.4. The molecule has 0 atom stereocenters. The second-order valence-electron chi connectivity index (χ2n) is 4.90. The van der Waals surface area contributed by atoms with E-state index < -0.39 is 0 Å². The van der Waals surface area contributed by atoms with Gasteiger partial charge in [0.25, 0.3) is 0 Å². The first kappa shape index (κ1) is 16.6. The molecule has 1 aromatic rings. The molecule has 17 heavy (non-hydrogen) atoms. The lowest BCUT2D eigenvalue weighted by molar-refractivity contribution is 0.260. The zero-order valence-electron chi connectivity index (χ0n) is 10.3. The maximum atomic E-state index is 13.4. The Bertz CT molecular complexity index is 364. The highest BCUT2D eigenvalue weighted by Gasteiger charge is 2.15. The molecule has 2 N–H and O–H groups in total. The van der Waals surface area contributed by atoms with Crippen LogP contribution >= 0.6 is 24.0 Å². The molecule has 5 heteroatoms. The SMILES string of the molecule is CN(Cc1cc(Cl)ccc1F)CC(C)(C)N.Cl. The molecular weight excluding hydrogens is 262 g/mol. The van der Waals surface area contributed by atoms with E-state index in [9.17, 15) is 4.39 Å². The molecule has 0 aliphatic heterocycles. The number of nitrogens with two attached hydrogens (primary N) is 1. The van der Waals surface area contributed by atoms with Crippen LogP contribution in [-0.2, 0) is 6.54 Å². The van der Waals surface area contributed by atoms with Crippen molar-refractivity contribution in [1.82, 2.24) is 4.90 Å². The molecule has 0 aliphatic rings. The van der Waals surface area contributed by atoms with E-state index in [0.717, 1.165) is 0 Å². The van der Waals surface area contributed by atoms with Crippen molar-refractivity contribution in [1.29, 1.82) is 0 Å². The highest BCUT2D eigenvalue weighted by atomic mass is 35.5. The molecule has 0 saturated heterocycles. The summed E-state index contributed by atoms with van der Waals surface area (Å²) < 4.78 is 13.4. The summed E-state index contributed by atoms with van der Waals surface area (Å²) in [4.78, 5) is 1.98. The molecule has 0 heterocycles. The number of nitrogens with zero attached hydrogens (tertiary/aromatic N) is 1. The van der Waals surface area contributed by atoms with Gasteiger partial charge in [0.05, 0.1) is 0 Å². The van der Waals surface area contributed by atoms with E-state index in [4.69, 9.17) is 17.3 Å². The van der Waals surface area contributed by atoms with E-state index in [2.05, 4.69) is 0 Å². The summed E-state index contributed by atoms with van der Waals surface area (Å²) >= 11 is 5.82. The topological polar surface area (TPSA) is 29.3 Å². The molecule has 1 rings (SSSR count). The van der Waals surface area contributed by atoms with Crippen molar-refractivity contribution < 1.29 is 4.39 Å². The molecule has 0 unspecified atom stereocenters. The van der Waals surface area contributed by atoms with Crippen LogP contribution in [-0.4, -0.2) is 24.0 Å². The highest BCUT2D eigenvalue weighted by molar-refractivity contribution is 6.30. The Morgan fingerprint density at radius 2 is 2.00 bits per heavy atom. The third-order valence-corrected chi connectivity index (χ3v) is 2.36. The quantitative estimate of drug-likeness (QED) is 0.919. The Kier molecular flexibility index (Phi) is 6.41. The van der Waals surface area contributed by atoms with Crippen molar-refractivity contribution in [2.45, 2.75) is 25.9 Å². The zero-order valence-corrected chi connectivity index (χ0v) is 11.9. The monoisotopic (exact) mass is 280 g/mol. The van der Waals surface area contributed by atoms with Gasteiger partial charge < -0.3 is 10.6 Å². The van der Waals surface area contributed by atoms with E-state index in [1.165, 1.54) is 6.07 Å². The number of halogens is 3. The van der Waals surface area contributed by atoms with Gasteiger partial charge in [-0.3, -0.25) is 0 Å². The van der Waals surface area contributed by atoms with Crippen LogP contribution in [0.5, 0.6) is 0 Å². The first-order chi connectivity index (χ1) is 7.28. The maximum Gasteiger partial charge on any atom is 0.127 e. The standard InChI is InChI=1S/C12H18ClFN2.ClH/c1-12(2,15)8-16(3)7-9-6-10(13)4-5-11(9)14;/h4-6H,7-8,15H2,1-3H3;1H. The van der Waals surface area contributed by atoms with Gasteiger partial charge in [0.2, 0.25) is 0 Å². The molecule has 1 aromatic carbocycles. The van der Waals surface area contributed by atoms with Gasteiger partial charge in [0, 0.05) is 29.2 Å². The van der Waals surface area contributed by atoms with Gasteiger partial charge in [-0.25, -0.2) is 4.39 Å². The second kappa shape index (κ2) is 6.55. The number of rotatable bonds is 4. The van der Waals surface area contributed by atoms with Crippen LogP contribution in [0.25, 0.3) is 0 Å². The predicted octanol–water partition coefficient (Wildman–Crippen LogP) is 3.07.